The Kier molecular flexibility index (Phi) is 6.27. The van der Waals surface area contributed by atoms with Crippen molar-refractivity contribution in [3.05, 3.63) is 64.5 Å². The van der Waals surface area contributed by atoms with E-state index in [9.17, 15) is 0 Å². The first-order valence-electron chi connectivity index (χ1n) is 5.96. The number of hydrogen-bond acceptors (Lipinski definition) is 6. The first-order valence-corrected chi connectivity index (χ1v) is 7.10. The average molecular weight is 359 g/mol. The third-order valence-corrected chi connectivity index (χ3v) is 2.86. The minimum Gasteiger partial charge on any atom is -0.391 e. The van der Waals surface area contributed by atoms with Crippen LogP contribution in [0.25, 0.3) is 0 Å². The lowest BCUT2D eigenvalue weighted by Crippen LogP contribution is -2.01. The largest absolute Gasteiger partial charge is 0.391 e. The molecule has 0 unspecified atom stereocenters. The molecule has 1 aromatic heterocycles. The van der Waals surface area contributed by atoms with Gasteiger partial charge in [0, 0.05) is 6.20 Å². The summed E-state index contributed by atoms with van der Waals surface area (Å²) in [6, 6.07) is 7.18. The summed E-state index contributed by atoms with van der Waals surface area (Å²) < 4.78 is 0. The molecule has 1 aliphatic heterocycles. The number of rotatable bonds is 2. The van der Waals surface area contributed by atoms with E-state index in [0.29, 0.717) is 10.7 Å². The topological polar surface area (TPSA) is 72.0 Å². The van der Waals surface area contributed by atoms with E-state index in [4.69, 9.17) is 34.8 Å². The van der Waals surface area contributed by atoms with Crippen molar-refractivity contribution in [1.29, 1.82) is 0 Å². The first kappa shape index (κ1) is 16.4. The SMILES string of the molecule is C1=CNOC=C1.Clc1nc(Cl)nc(Nc2ccccc2Cl)n1. The predicted molar refractivity (Wildman–Crippen MR) is 87.1 cm³/mol. The highest BCUT2D eigenvalue weighted by molar-refractivity contribution is 6.33. The van der Waals surface area contributed by atoms with Crippen LogP contribution in [0.3, 0.4) is 0 Å². The molecule has 9 heteroatoms. The van der Waals surface area contributed by atoms with Crippen molar-refractivity contribution >= 4 is 46.4 Å². The van der Waals surface area contributed by atoms with E-state index in [0.717, 1.165) is 0 Å². The van der Waals surface area contributed by atoms with Gasteiger partial charge in [-0.1, -0.05) is 23.7 Å². The Labute approximate surface area is 141 Å². The Morgan fingerprint density at radius 3 is 2.18 bits per heavy atom. The van der Waals surface area contributed by atoms with Crippen molar-refractivity contribution in [3.63, 3.8) is 0 Å². The van der Waals surface area contributed by atoms with Crippen molar-refractivity contribution in [2.24, 2.45) is 0 Å². The van der Waals surface area contributed by atoms with E-state index in [-0.39, 0.29) is 16.5 Å². The standard InChI is InChI=1S/C9H5Cl3N4.C4H5NO/c10-5-3-1-2-4-6(5)13-9-15-7(11)14-8(12)16-9;1-2-4-6-5-3-1/h1-4H,(H,13,14,15,16);1-5H. The van der Waals surface area contributed by atoms with Crippen molar-refractivity contribution < 1.29 is 4.84 Å². The van der Waals surface area contributed by atoms with Gasteiger partial charge < -0.3 is 10.2 Å². The van der Waals surface area contributed by atoms with Crippen LogP contribution in [0.15, 0.2) is 48.9 Å². The Hall–Kier alpha value is -2.02. The maximum absolute atomic E-state index is 5.95. The molecule has 22 heavy (non-hydrogen) atoms. The number of hydroxylamine groups is 1. The Morgan fingerprint density at radius 1 is 0.955 bits per heavy atom. The van der Waals surface area contributed by atoms with Crippen LogP contribution in [-0.4, -0.2) is 15.0 Å². The Morgan fingerprint density at radius 2 is 1.68 bits per heavy atom. The molecule has 1 aliphatic rings. The summed E-state index contributed by atoms with van der Waals surface area (Å²) in [6.07, 6.45) is 6.93. The zero-order valence-corrected chi connectivity index (χ0v) is 13.3. The molecule has 0 atom stereocenters. The molecular formula is C13H10Cl3N5O. The Bertz CT molecular complexity index is 661. The summed E-state index contributed by atoms with van der Waals surface area (Å²) >= 11 is 17.2. The number of hydrogen-bond donors (Lipinski definition) is 2. The average Bonchev–Trinajstić information content (AvgIpc) is 2.51. The predicted octanol–water partition coefficient (Wildman–Crippen LogP) is 4.12. The smallest absolute Gasteiger partial charge is 0.232 e. The Balaban J connectivity index is 0.000000246. The highest BCUT2D eigenvalue weighted by Gasteiger charge is 2.05. The molecule has 0 amide bonds. The summed E-state index contributed by atoms with van der Waals surface area (Å²) in [5, 5.41) is 3.49. The second kappa shape index (κ2) is 8.43. The van der Waals surface area contributed by atoms with Crippen LogP contribution in [0.4, 0.5) is 11.6 Å². The number of para-hydroxylation sites is 1. The summed E-state index contributed by atoms with van der Waals surface area (Å²) in [5.41, 5.74) is 3.19. The number of nitrogens with one attached hydrogen (secondary N) is 2. The molecule has 2 aromatic rings. The van der Waals surface area contributed by atoms with E-state index >= 15 is 0 Å². The van der Waals surface area contributed by atoms with Crippen LogP contribution in [0.1, 0.15) is 0 Å². The zero-order chi connectivity index (χ0) is 15.8. The van der Waals surface area contributed by atoms with Crippen LogP contribution < -0.4 is 10.8 Å². The lowest BCUT2D eigenvalue weighted by Gasteiger charge is -2.06. The van der Waals surface area contributed by atoms with Gasteiger partial charge in [-0.2, -0.15) is 15.0 Å². The third-order valence-electron chi connectivity index (χ3n) is 2.19. The van der Waals surface area contributed by atoms with Gasteiger partial charge in [0.15, 0.2) is 0 Å². The van der Waals surface area contributed by atoms with Crippen LogP contribution >= 0.6 is 34.8 Å². The normalized spacial score (nSPS) is 11.8. The molecule has 0 saturated carbocycles. The van der Waals surface area contributed by atoms with Crippen molar-refractivity contribution in [1.82, 2.24) is 20.4 Å². The minimum atomic E-state index is 0.0227. The number of anilines is 2. The molecule has 0 aliphatic carbocycles. The van der Waals surface area contributed by atoms with Gasteiger partial charge in [0.1, 0.15) is 6.26 Å². The number of benzene rings is 1. The first-order chi connectivity index (χ1) is 10.6. The number of nitrogens with zero attached hydrogens (tertiary/aromatic N) is 3. The van der Waals surface area contributed by atoms with Gasteiger partial charge in [0.05, 0.1) is 10.7 Å². The second-order valence-corrected chi connectivity index (χ2v) is 4.81. The van der Waals surface area contributed by atoms with Crippen molar-refractivity contribution in [2.75, 3.05) is 5.32 Å². The molecule has 0 radical (unpaired) electrons. The third kappa shape index (κ3) is 5.40. The van der Waals surface area contributed by atoms with E-state index in [1.54, 1.807) is 30.7 Å². The molecule has 0 saturated heterocycles. The highest BCUT2D eigenvalue weighted by Crippen LogP contribution is 2.23. The summed E-state index contributed by atoms with van der Waals surface area (Å²) in [6.45, 7) is 0. The lowest BCUT2D eigenvalue weighted by molar-refractivity contribution is 0.172. The van der Waals surface area contributed by atoms with Gasteiger partial charge in [-0.25, -0.2) is 5.48 Å². The fourth-order valence-electron chi connectivity index (χ4n) is 1.32. The van der Waals surface area contributed by atoms with Gasteiger partial charge in [-0.05, 0) is 47.5 Å². The van der Waals surface area contributed by atoms with Crippen molar-refractivity contribution in [2.45, 2.75) is 0 Å². The van der Waals surface area contributed by atoms with Crippen LogP contribution in [-0.2, 0) is 4.84 Å². The fraction of sp³-hybridized carbons (Fsp3) is 0. The monoisotopic (exact) mass is 357 g/mol. The van der Waals surface area contributed by atoms with E-state index in [2.05, 4.69) is 30.6 Å². The lowest BCUT2D eigenvalue weighted by atomic mass is 10.3. The second-order valence-electron chi connectivity index (χ2n) is 3.73. The molecule has 0 fully saturated rings. The quantitative estimate of drug-likeness (QED) is 0.841. The minimum absolute atomic E-state index is 0.0227. The van der Waals surface area contributed by atoms with Gasteiger partial charge in [-0.15, -0.1) is 0 Å². The van der Waals surface area contributed by atoms with Crippen LogP contribution in [0.5, 0.6) is 0 Å². The maximum atomic E-state index is 5.95. The van der Waals surface area contributed by atoms with E-state index in [1.165, 1.54) is 0 Å². The molecule has 6 nitrogen and oxygen atoms in total. The van der Waals surface area contributed by atoms with E-state index in [1.807, 2.05) is 18.2 Å². The van der Waals surface area contributed by atoms with Crippen molar-refractivity contribution in [3.8, 4) is 0 Å². The molecule has 0 bridgehead atoms. The number of halogens is 3. The molecule has 114 valence electrons. The molecule has 0 spiro atoms. The molecule has 1 aromatic carbocycles. The maximum Gasteiger partial charge on any atom is 0.232 e. The van der Waals surface area contributed by atoms with E-state index < -0.39 is 0 Å². The van der Waals surface area contributed by atoms with Gasteiger partial charge in [-0.3, -0.25) is 0 Å². The molecule has 2 heterocycles. The highest BCUT2D eigenvalue weighted by atomic mass is 35.5. The molecular weight excluding hydrogens is 349 g/mol. The fourth-order valence-corrected chi connectivity index (χ4v) is 1.87. The summed E-state index contributed by atoms with van der Waals surface area (Å²) in [5.74, 6) is 0.248. The van der Waals surface area contributed by atoms with Crippen LogP contribution in [0, 0.1) is 0 Å². The molecule has 3 rings (SSSR count). The molecule has 2 N–H and O–H groups in total. The van der Waals surface area contributed by atoms with Gasteiger partial charge in [0.25, 0.3) is 0 Å². The van der Waals surface area contributed by atoms with Crippen LogP contribution in [0.2, 0.25) is 15.6 Å². The van der Waals surface area contributed by atoms with Gasteiger partial charge in [0.2, 0.25) is 16.5 Å². The number of allylic oxidation sites excluding steroid dienone is 2. The summed E-state index contributed by atoms with van der Waals surface area (Å²) in [7, 11) is 0. The van der Waals surface area contributed by atoms with Gasteiger partial charge >= 0.3 is 0 Å². The zero-order valence-electron chi connectivity index (χ0n) is 11.0. The number of aromatic nitrogens is 3. The summed E-state index contributed by atoms with van der Waals surface area (Å²) in [4.78, 5) is 15.9.